The zero-order valence-electron chi connectivity index (χ0n) is 18.7. The molecule has 0 unspecified atom stereocenters. The van der Waals surface area contributed by atoms with E-state index in [0.29, 0.717) is 24.5 Å². The van der Waals surface area contributed by atoms with Gasteiger partial charge in [-0.15, -0.1) is 0 Å². The fourth-order valence-electron chi connectivity index (χ4n) is 3.81. The van der Waals surface area contributed by atoms with E-state index < -0.39 is 15.9 Å². The molecule has 1 amide bonds. The molecule has 2 aromatic rings. The van der Waals surface area contributed by atoms with Crippen molar-refractivity contribution in [2.45, 2.75) is 32.6 Å². The van der Waals surface area contributed by atoms with Gasteiger partial charge < -0.3 is 19.5 Å². The minimum Gasteiger partial charge on any atom is -0.456 e. The molecule has 9 heteroatoms. The number of carbonyl (C=O) groups is 1. The van der Waals surface area contributed by atoms with Crippen LogP contribution in [0.15, 0.2) is 39.6 Å². The Hall–Kier alpha value is -2.36. The minimum absolute atomic E-state index is 0.165. The van der Waals surface area contributed by atoms with Crippen molar-refractivity contribution >= 4 is 27.3 Å². The van der Waals surface area contributed by atoms with E-state index >= 15 is 0 Å². The number of piperazine rings is 1. The molecule has 1 aromatic heterocycles. The molecular formula is C22H32N4O4S. The van der Waals surface area contributed by atoms with Gasteiger partial charge in [0.1, 0.15) is 5.76 Å². The number of hydrogen-bond donors (Lipinski definition) is 1. The number of nitrogens with zero attached hydrogens (tertiary/aromatic N) is 3. The highest BCUT2D eigenvalue weighted by Crippen LogP contribution is 2.31. The first-order valence-corrected chi connectivity index (χ1v) is 12.2. The van der Waals surface area contributed by atoms with Crippen LogP contribution < -0.4 is 10.2 Å². The summed E-state index contributed by atoms with van der Waals surface area (Å²) in [6.45, 7) is 12.7. The summed E-state index contributed by atoms with van der Waals surface area (Å²) in [5, 5.41) is 2.88. The first kappa shape index (κ1) is 23.3. The number of likely N-dealkylation sites (N-methyl/N-ethyl adjacent to an activating group) is 1. The van der Waals surface area contributed by atoms with Gasteiger partial charge in [-0.3, -0.25) is 4.79 Å². The predicted octanol–water partition coefficient (Wildman–Crippen LogP) is 3.01. The lowest BCUT2D eigenvalue weighted by Gasteiger charge is -2.36. The number of aryl methyl sites for hydroxylation is 1. The summed E-state index contributed by atoms with van der Waals surface area (Å²) in [6.07, 6.45) is 0. The van der Waals surface area contributed by atoms with E-state index in [1.54, 1.807) is 37.3 Å². The van der Waals surface area contributed by atoms with Gasteiger partial charge in [-0.05, 0) is 43.8 Å². The molecule has 1 aliphatic rings. The first-order valence-electron chi connectivity index (χ1n) is 10.8. The van der Waals surface area contributed by atoms with E-state index in [0.717, 1.165) is 38.4 Å². The molecular weight excluding hydrogens is 416 g/mol. The predicted molar refractivity (Wildman–Crippen MR) is 122 cm³/mol. The second kappa shape index (κ2) is 9.84. The van der Waals surface area contributed by atoms with Crippen LogP contribution in [0.4, 0.5) is 11.4 Å². The van der Waals surface area contributed by atoms with E-state index in [2.05, 4.69) is 22.0 Å². The maximum atomic E-state index is 13.0. The summed E-state index contributed by atoms with van der Waals surface area (Å²) in [6, 6.07) is 8.31. The molecule has 1 N–H and O–H groups in total. The van der Waals surface area contributed by atoms with E-state index in [-0.39, 0.29) is 10.7 Å². The fourth-order valence-corrected chi connectivity index (χ4v) is 5.29. The SMILES string of the molecule is CCN1CCN(c2ccc(S(=O)(=O)N(CC)CC)cc2NC(=O)c2ccc(C)o2)CC1. The van der Waals surface area contributed by atoms with Gasteiger partial charge in [0.15, 0.2) is 5.76 Å². The molecule has 1 saturated heterocycles. The molecule has 1 aliphatic heterocycles. The first-order chi connectivity index (χ1) is 14.8. The summed E-state index contributed by atoms with van der Waals surface area (Å²) < 4.78 is 32.9. The summed E-state index contributed by atoms with van der Waals surface area (Å²) in [5.41, 5.74) is 1.28. The van der Waals surface area contributed by atoms with Crippen molar-refractivity contribution in [2.75, 3.05) is 56.0 Å². The van der Waals surface area contributed by atoms with Crippen molar-refractivity contribution in [3.63, 3.8) is 0 Å². The third-order valence-electron chi connectivity index (χ3n) is 5.68. The van der Waals surface area contributed by atoms with E-state index in [4.69, 9.17) is 4.42 Å². The number of carbonyl (C=O) groups excluding carboxylic acids is 1. The van der Waals surface area contributed by atoms with E-state index in [9.17, 15) is 13.2 Å². The molecule has 0 spiro atoms. The van der Waals surface area contributed by atoms with Crippen LogP contribution in [0.1, 0.15) is 37.1 Å². The second-order valence-corrected chi connectivity index (χ2v) is 9.49. The van der Waals surface area contributed by atoms with Crippen molar-refractivity contribution in [1.29, 1.82) is 0 Å². The lowest BCUT2D eigenvalue weighted by atomic mass is 10.2. The number of rotatable bonds is 8. The van der Waals surface area contributed by atoms with Crippen LogP contribution in [0, 0.1) is 6.92 Å². The number of benzene rings is 1. The quantitative estimate of drug-likeness (QED) is 0.668. The highest BCUT2D eigenvalue weighted by Gasteiger charge is 2.26. The number of anilines is 2. The Morgan fingerprint density at radius 3 is 2.29 bits per heavy atom. The zero-order valence-corrected chi connectivity index (χ0v) is 19.5. The van der Waals surface area contributed by atoms with Crippen LogP contribution in [0.2, 0.25) is 0 Å². The lowest BCUT2D eigenvalue weighted by molar-refractivity contribution is 0.0995. The van der Waals surface area contributed by atoms with Crippen LogP contribution in [0.3, 0.4) is 0 Å². The van der Waals surface area contributed by atoms with Crippen molar-refractivity contribution in [2.24, 2.45) is 0 Å². The van der Waals surface area contributed by atoms with Crippen LogP contribution in [0.5, 0.6) is 0 Å². The molecule has 0 saturated carbocycles. The standard InChI is InChI=1S/C22H32N4O4S/c1-5-24-12-14-25(15-13-24)20-10-9-18(31(28,29)26(6-2)7-3)16-19(20)23-22(27)21-11-8-17(4)30-21/h8-11,16H,5-7,12-15H2,1-4H3,(H,23,27). The molecule has 31 heavy (non-hydrogen) atoms. The lowest BCUT2D eigenvalue weighted by Crippen LogP contribution is -2.46. The minimum atomic E-state index is -3.65. The van der Waals surface area contributed by atoms with Gasteiger partial charge >= 0.3 is 0 Å². The third-order valence-corrected chi connectivity index (χ3v) is 7.73. The molecule has 0 radical (unpaired) electrons. The molecule has 0 bridgehead atoms. The molecule has 1 aromatic carbocycles. The molecule has 1 fully saturated rings. The maximum Gasteiger partial charge on any atom is 0.291 e. The molecule has 0 atom stereocenters. The number of nitrogens with one attached hydrogen (secondary N) is 1. The Labute approximate surface area is 184 Å². The van der Waals surface area contributed by atoms with Crippen molar-refractivity contribution in [3.8, 4) is 0 Å². The third kappa shape index (κ3) is 5.11. The van der Waals surface area contributed by atoms with Crippen LogP contribution in [0.25, 0.3) is 0 Å². The Morgan fingerprint density at radius 2 is 1.74 bits per heavy atom. The summed E-state index contributed by atoms with van der Waals surface area (Å²) in [7, 11) is -3.65. The number of furan rings is 1. The maximum absolute atomic E-state index is 13.0. The molecule has 0 aliphatic carbocycles. The Kier molecular flexibility index (Phi) is 7.40. The topological polar surface area (TPSA) is 86.1 Å². The van der Waals surface area contributed by atoms with Crippen LogP contribution >= 0.6 is 0 Å². The highest BCUT2D eigenvalue weighted by molar-refractivity contribution is 7.89. The molecule has 8 nitrogen and oxygen atoms in total. The summed E-state index contributed by atoms with van der Waals surface area (Å²) >= 11 is 0. The highest BCUT2D eigenvalue weighted by atomic mass is 32.2. The average molecular weight is 449 g/mol. The fraction of sp³-hybridized carbons (Fsp3) is 0.500. The summed E-state index contributed by atoms with van der Waals surface area (Å²) in [5.74, 6) is 0.425. The number of amides is 1. The van der Waals surface area contributed by atoms with E-state index in [1.165, 1.54) is 4.31 Å². The van der Waals surface area contributed by atoms with Crippen molar-refractivity contribution < 1.29 is 17.6 Å². The number of hydrogen-bond acceptors (Lipinski definition) is 6. The Morgan fingerprint density at radius 1 is 1.06 bits per heavy atom. The van der Waals surface area contributed by atoms with Crippen LogP contribution in [-0.2, 0) is 10.0 Å². The van der Waals surface area contributed by atoms with Gasteiger partial charge in [0.05, 0.1) is 16.3 Å². The largest absolute Gasteiger partial charge is 0.456 e. The van der Waals surface area contributed by atoms with Crippen molar-refractivity contribution in [3.05, 3.63) is 41.9 Å². The van der Waals surface area contributed by atoms with Crippen molar-refractivity contribution in [1.82, 2.24) is 9.21 Å². The zero-order chi connectivity index (χ0) is 22.6. The van der Waals surface area contributed by atoms with Gasteiger partial charge in [-0.1, -0.05) is 20.8 Å². The van der Waals surface area contributed by atoms with Gasteiger partial charge in [0.25, 0.3) is 5.91 Å². The smallest absolute Gasteiger partial charge is 0.291 e. The molecule has 3 rings (SSSR count). The van der Waals surface area contributed by atoms with Gasteiger partial charge in [-0.2, -0.15) is 4.31 Å². The average Bonchev–Trinajstić information content (AvgIpc) is 3.21. The second-order valence-electron chi connectivity index (χ2n) is 7.55. The molecule has 2 heterocycles. The van der Waals surface area contributed by atoms with Crippen LogP contribution in [-0.4, -0.2) is 69.3 Å². The van der Waals surface area contributed by atoms with Gasteiger partial charge in [0.2, 0.25) is 10.0 Å². The Bertz CT molecular complexity index is 1010. The normalized spacial score (nSPS) is 15.5. The Balaban J connectivity index is 1.97. The monoisotopic (exact) mass is 448 g/mol. The van der Waals surface area contributed by atoms with Gasteiger partial charge in [-0.25, -0.2) is 8.42 Å². The summed E-state index contributed by atoms with van der Waals surface area (Å²) in [4.78, 5) is 17.5. The van der Waals surface area contributed by atoms with E-state index in [1.807, 2.05) is 13.8 Å². The van der Waals surface area contributed by atoms with Gasteiger partial charge in [0, 0.05) is 39.3 Å². The number of sulfonamides is 1. The molecule has 170 valence electrons.